The van der Waals surface area contributed by atoms with Gasteiger partial charge in [0.15, 0.2) is 0 Å². The number of pyridine rings is 1. The Hall–Kier alpha value is -2.40. The first-order valence-electron chi connectivity index (χ1n) is 7.45. The van der Waals surface area contributed by atoms with Gasteiger partial charge in [0.1, 0.15) is 11.5 Å². The Morgan fingerprint density at radius 1 is 1.14 bits per heavy atom. The molecule has 1 saturated heterocycles. The summed E-state index contributed by atoms with van der Waals surface area (Å²) in [6.07, 6.45) is 5.08. The Bertz CT molecular complexity index is 620. The van der Waals surface area contributed by atoms with Crippen LogP contribution in [0.15, 0.2) is 48.8 Å². The number of benzene rings is 1. The summed E-state index contributed by atoms with van der Waals surface area (Å²) in [5.74, 6) is 1.41. The van der Waals surface area contributed by atoms with Crippen molar-refractivity contribution in [2.75, 3.05) is 13.1 Å². The van der Waals surface area contributed by atoms with Crippen LogP contribution in [0.5, 0.6) is 11.5 Å². The van der Waals surface area contributed by atoms with Gasteiger partial charge in [0.05, 0.1) is 6.20 Å². The first-order valence-corrected chi connectivity index (χ1v) is 7.45. The predicted molar refractivity (Wildman–Crippen MR) is 83.9 cm³/mol. The molecule has 2 heterocycles. The number of carbonyl (C=O) groups excluding carboxylic acids is 1. The summed E-state index contributed by atoms with van der Waals surface area (Å²) < 4.78 is 5.67. The summed E-state index contributed by atoms with van der Waals surface area (Å²) in [4.78, 5) is 18.3. The second-order valence-electron chi connectivity index (χ2n) is 5.44. The van der Waals surface area contributed by atoms with E-state index in [0.29, 0.717) is 17.1 Å². The molecule has 1 aliphatic rings. The number of hydrogen-bond donors (Lipinski definition) is 1. The maximum absolute atomic E-state index is 12.4. The monoisotopic (exact) mass is 297 g/mol. The average Bonchev–Trinajstić information content (AvgIpc) is 2.57. The van der Waals surface area contributed by atoms with Crippen molar-refractivity contribution >= 4 is 5.91 Å². The molecule has 5 heteroatoms. The van der Waals surface area contributed by atoms with Gasteiger partial charge in [-0.25, -0.2) is 0 Å². The van der Waals surface area contributed by atoms with E-state index in [2.05, 4.69) is 4.98 Å². The van der Waals surface area contributed by atoms with Crippen LogP contribution in [0, 0.1) is 0 Å². The average molecular weight is 297 g/mol. The summed E-state index contributed by atoms with van der Waals surface area (Å²) >= 11 is 0. The van der Waals surface area contributed by atoms with Crippen LogP contribution in [0.2, 0.25) is 0 Å². The van der Waals surface area contributed by atoms with Crippen molar-refractivity contribution in [2.45, 2.75) is 18.9 Å². The zero-order chi connectivity index (χ0) is 15.4. The molecule has 1 aromatic heterocycles. The van der Waals surface area contributed by atoms with Crippen LogP contribution in [0.3, 0.4) is 0 Å². The van der Waals surface area contributed by atoms with Crippen molar-refractivity contribution < 1.29 is 9.53 Å². The number of hydrogen-bond acceptors (Lipinski definition) is 4. The Balaban J connectivity index is 1.65. The Kier molecular flexibility index (Phi) is 4.34. The van der Waals surface area contributed by atoms with Crippen LogP contribution >= 0.6 is 0 Å². The molecule has 3 rings (SSSR count). The molecule has 1 amide bonds. The maximum atomic E-state index is 12.4. The van der Waals surface area contributed by atoms with Gasteiger partial charge in [0.2, 0.25) is 0 Å². The number of likely N-dealkylation sites (tertiary alicyclic amines) is 1. The van der Waals surface area contributed by atoms with Gasteiger partial charge in [-0.15, -0.1) is 0 Å². The number of nitrogens with two attached hydrogens (primary N) is 1. The molecule has 0 bridgehead atoms. The van der Waals surface area contributed by atoms with Gasteiger partial charge in [-0.1, -0.05) is 0 Å². The van der Waals surface area contributed by atoms with Crippen molar-refractivity contribution in [3.63, 3.8) is 0 Å². The van der Waals surface area contributed by atoms with Gasteiger partial charge in [-0.3, -0.25) is 9.78 Å². The van der Waals surface area contributed by atoms with E-state index in [1.54, 1.807) is 36.7 Å². The fraction of sp³-hybridized carbons (Fsp3) is 0.294. The lowest BCUT2D eigenvalue weighted by Crippen LogP contribution is -2.42. The molecule has 5 nitrogen and oxygen atoms in total. The van der Waals surface area contributed by atoms with Crippen molar-refractivity contribution in [3.8, 4) is 11.5 Å². The molecule has 0 atom stereocenters. The number of carbonyl (C=O) groups is 1. The lowest BCUT2D eigenvalue weighted by atomic mass is 10.0. The predicted octanol–water partition coefficient (Wildman–Crippen LogP) is 2.44. The minimum absolute atomic E-state index is 0.0554. The summed E-state index contributed by atoms with van der Waals surface area (Å²) in [5, 5.41) is 0. The number of aromatic nitrogens is 1. The standard InChI is InChI=1S/C17H19N3O2/c18-14-7-10-20(11-8-14)17(21)13-3-5-15(6-4-13)22-16-2-1-9-19-12-16/h1-6,9,12,14H,7-8,10-11,18H2. The summed E-state index contributed by atoms with van der Waals surface area (Å²) in [7, 11) is 0. The Labute approximate surface area is 129 Å². The maximum Gasteiger partial charge on any atom is 0.253 e. The Morgan fingerprint density at radius 2 is 1.86 bits per heavy atom. The van der Waals surface area contributed by atoms with Crippen molar-refractivity contribution in [1.82, 2.24) is 9.88 Å². The summed E-state index contributed by atoms with van der Waals surface area (Å²) in [6.45, 7) is 1.46. The highest BCUT2D eigenvalue weighted by Crippen LogP contribution is 2.21. The van der Waals surface area contributed by atoms with Gasteiger partial charge >= 0.3 is 0 Å². The third-order valence-corrected chi connectivity index (χ3v) is 3.80. The molecule has 2 aromatic rings. The number of piperidine rings is 1. The van der Waals surface area contributed by atoms with Crippen LogP contribution in [0.25, 0.3) is 0 Å². The van der Waals surface area contributed by atoms with Gasteiger partial charge in [0.25, 0.3) is 5.91 Å². The molecule has 114 valence electrons. The highest BCUT2D eigenvalue weighted by molar-refractivity contribution is 5.94. The molecule has 0 saturated carbocycles. The highest BCUT2D eigenvalue weighted by atomic mass is 16.5. The van der Waals surface area contributed by atoms with E-state index in [0.717, 1.165) is 25.9 Å². The molecule has 2 N–H and O–H groups in total. The fourth-order valence-electron chi connectivity index (χ4n) is 2.49. The molecule has 0 spiro atoms. The lowest BCUT2D eigenvalue weighted by molar-refractivity contribution is 0.0715. The summed E-state index contributed by atoms with van der Waals surface area (Å²) in [5.41, 5.74) is 6.54. The second-order valence-corrected chi connectivity index (χ2v) is 5.44. The topological polar surface area (TPSA) is 68.5 Å². The molecule has 0 radical (unpaired) electrons. The van der Waals surface area contributed by atoms with Crippen molar-refractivity contribution in [2.24, 2.45) is 5.73 Å². The van der Waals surface area contributed by atoms with Gasteiger partial charge in [-0.05, 0) is 49.2 Å². The number of ether oxygens (including phenoxy) is 1. The van der Waals surface area contributed by atoms with E-state index >= 15 is 0 Å². The molecule has 1 aromatic carbocycles. The van der Waals surface area contributed by atoms with E-state index in [9.17, 15) is 4.79 Å². The molecule has 1 aliphatic heterocycles. The quantitative estimate of drug-likeness (QED) is 0.944. The fourth-order valence-corrected chi connectivity index (χ4v) is 2.49. The molecule has 0 aliphatic carbocycles. The molecule has 1 fully saturated rings. The van der Waals surface area contributed by atoms with E-state index in [1.807, 2.05) is 17.0 Å². The Morgan fingerprint density at radius 3 is 2.50 bits per heavy atom. The second kappa shape index (κ2) is 6.58. The molecule has 22 heavy (non-hydrogen) atoms. The largest absolute Gasteiger partial charge is 0.456 e. The number of rotatable bonds is 3. The van der Waals surface area contributed by atoms with Gasteiger partial charge in [0, 0.05) is 30.9 Å². The van der Waals surface area contributed by atoms with E-state index in [-0.39, 0.29) is 11.9 Å². The van der Waals surface area contributed by atoms with Crippen molar-refractivity contribution in [3.05, 3.63) is 54.4 Å². The smallest absolute Gasteiger partial charge is 0.253 e. The minimum Gasteiger partial charge on any atom is -0.456 e. The third-order valence-electron chi connectivity index (χ3n) is 3.80. The highest BCUT2D eigenvalue weighted by Gasteiger charge is 2.21. The zero-order valence-corrected chi connectivity index (χ0v) is 12.3. The van der Waals surface area contributed by atoms with Crippen LogP contribution < -0.4 is 10.5 Å². The van der Waals surface area contributed by atoms with Gasteiger partial charge in [-0.2, -0.15) is 0 Å². The minimum atomic E-state index is 0.0554. The first kappa shape index (κ1) is 14.5. The molecular weight excluding hydrogens is 278 g/mol. The van der Waals surface area contributed by atoms with Gasteiger partial charge < -0.3 is 15.4 Å². The van der Waals surface area contributed by atoms with Crippen LogP contribution in [0.1, 0.15) is 23.2 Å². The molecular formula is C17H19N3O2. The van der Waals surface area contributed by atoms with Crippen LogP contribution in [0.4, 0.5) is 0 Å². The molecule has 0 unspecified atom stereocenters. The van der Waals surface area contributed by atoms with E-state index < -0.39 is 0 Å². The van der Waals surface area contributed by atoms with Crippen LogP contribution in [-0.2, 0) is 0 Å². The number of amides is 1. The first-order chi connectivity index (χ1) is 10.7. The van der Waals surface area contributed by atoms with E-state index in [1.165, 1.54) is 0 Å². The number of nitrogens with zero attached hydrogens (tertiary/aromatic N) is 2. The van der Waals surface area contributed by atoms with Crippen molar-refractivity contribution in [1.29, 1.82) is 0 Å². The van der Waals surface area contributed by atoms with Crippen LogP contribution in [-0.4, -0.2) is 34.9 Å². The zero-order valence-electron chi connectivity index (χ0n) is 12.3. The summed E-state index contributed by atoms with van der Waals surface area (Å²) in [6, 6.07) is 11.1. The lowest BCUT2D eigenvalue weighted by Gasteiger charge is -2.30. The third kappa shape index (κ3) is 3.43. The van der Waals surface area contributed by atoms with E-state index in [4.69, 9.17) is 10.5 Å². The SMILES string of the molecule is NC1CCN(C(=O)c2ccc(Oc3cccnc3)cc2)CC1. The normalized spacial score (nSPS) is 15.6.